The number of rotatable bonds is 4. The van der Waals surface area contributed by atoms with E-state index in [1.165, 1.54) is 0 Å². The first-order valence-electron chi connectivity index (χ1n) is 7.24. The Hall–Kier alpha value is -3.48. The van der Waals surface area contributed by atoms with Gasteiger partial charge in [-0.25, -0.2) is 4.79 Å². The number of benzene rings is 1. The molecule has 0 spiro atoms. The van der Waals surface area contributed by atoms with Gasteiger partial charge in [0, 0.05) is 18.1 Å². The smallest absolute Gasteiger partial charge is 0.322 e. The van der Waals surface area contributed by atoms with Crippen molar-refractivity contribution >= 4 is 11.6 Å². The first-order chi connectivity index (χ1) is 11.6. The summed E-state index contributed by atoms with van der Waals surface area (Å²) in [6.07, 6.45) is 2.69. The van der Waals surface area contributed by atoms with Gasteiger partial charge in [-0.15, -0.1) is 0 Å². The minimum absolute atomic E-state index is 0.0124. The van der Waals surface area contributed by atoms with Crippen LogP contribution < -0.4 is 16.6 Å². The van der Waals surface area contributed by atoms with Crippen LogP contribution in [0.4, 0.5) is 5.69 Å². The summed E-state index contributed by atoms with van der Waals surface area (Å²) in [5.41, 5.74) is -0.302. The molecule has 1 aromatic carbocycles. The predicted molar refractivity (Wildman–Crippen MR) is 89.1 cm³/mol. The number of nitrogens with one attached hydrogen (secondary N) is 2. The summed E-state index contributed by atoms with van der Waals surface area (Å²) >= 11 is 0. The molecule has 0 atom stereocenters. The Morgan fingerprint density at radius 1 is 1.08 bits per heavy atom. The van der Waals surface area contributed by atoms with Crippen molar-refractivity contribution in [3.8, 4) is 0 Å². The van der Waals surface area contributed by atoms with E-state index in [4.69, 9.17) is 0 Å². The van der Waals surface area contributed by atoms with E-state index in [0.29, 0.717) is 11.4 Å². The number of carbonyl (C=O) groups excluding carboxylic acids is 1. The highest BCUT2D eigenvalue weighted by atomic mass is 16.2. The Morgan fingerprint density at radius 3 is 2.54 bits per heavy atom. The van der Waals surface area contributed by atoms with Gasteiger partial charge in [-0.2, -0.15) is 0 Å². The summed E-state index contributed by atoms with van der Waals surface area (Å²) in [4.78, 5) is 43.2. The number of anilines is 1. The van der Waals surface area contributed by atoms with Crippen LogP contribution in [-0.4, -0.2) is 20.4 Å². The second-order valence-electron chi connectivity index (χ2n) is 5.04. The minimum Gasteiger partial charge on any atom is -0.322 e. The van der Waals surface area contributed by atoms with Crippen molar-refractivity contribution in [2.45, 2.75) is 6.54 Å². The predicted octanol–water partition coefficient (Wildman–Crippen LogP) is 1.23. The SMILES string of the molecule is O=C(Nc1ccccc1)c1c[nH]c(=O)n(Cc2ccccn2)c1=O. The molecular weight excluding hydrogens is 308 g/mol. The van der Waals surface area contributed by atoms with E-state index in [9.17, 15) is 14.4 Å². The molecule has 3 aromatic rings. The maximum absolute atomic E-state index is 12.5. The molecule has 0 aliphatic carbocycles. The van der Waals surface area contributed by atoms with Crippen LogP contribution in [0.5, 0.6) is 0 Å². The van der Waals surface area contributed by atoms with Gasteiger partial charge in [-0.1, -0.05) is 24.3 Å². The second kappa shape index (κ2) is 6.74. The van der Waals surface area contributed by atoms with E-state index in [2.05, 4.69) is 15.3 Å². The van der Waals surface area contributed by atoms with Gasteiger partial charge in [-0.3, -0.25) is 19.1 Å². The number of carbonyl (C=O) groups is 1. The Bertz CT molecular complexity index is 962. The summed E-state index contributed by atoms with van der Waals surface area (Å²) in [6.45, 7) is -0.0124. The van der Waals surface area contributed by atoms with Crippen molar-refractivity contribution in [2.24, 2.45) is 0 Å². The van der Waals surface area contributed by atoms with Crippen LogP contribution in [0, 0.1) is 0 Å². The minimum atomic E-state index is -0.669. The van der Waals surface area contributed by atoms with Crippen molar-refractivity contribution in [3.63, 3.8) is 0 Å². The lowest BCUT2D eigenvalue weighted by molar-refractivity contribution is 0.102. The zero-order chi connectivity index (χ0) is 16.9. The van der Waals surface area contributed by atoms with Gasteiger partial charge < -0.3 is 10.3 Å². The maximum Gasteiger partial charge on any atom is 0.328 e. The topological polar surface area (TPSA) is 96.8 Å². The van der Waals surface area contributed by atoms with Gasteiger partial charge in [0.15, 0.2) is 0 Å². The molecule has 0 bridgehead atoms. The standard InChI is InChI=1S/C17H14N4O3/c22-15(20-12-6-2-1-3-7-12)14-10-19-17(24)21(16(14)23)11-13-8-4-5-9-18-13/h1-10H,11H2,(H,19,24)(H,20,22). The third-order valence-electron chi connectivity index (χ3n) is 3.38. The number of pyridine rings is 1. The van der Waals surface area contributed by atoms with Crippen molar-refractivity contribution in [2.75, 3.05) is 5.32 Å². The fourth-order valence-corrected chi connectivity index (χ4v) is 2.19. The molecule has 0 aliphatic heterocycles. The molecule has 2 aromatic heterocycles. The lowest BCUT2D eigenvalue weighted by atomic mass is 10.2. The normalized spacial score (nSPS) is 10.3. The highest BCUT2D eigenvalue weighted by molar-refractivity contribution is 6.03. The average Bonchev–Trinajstić information content (AvgIpc) is 2.60. The molecule has 2 N–H and O–H groups in total. The summed E-state index contributed by atoms with van der Waals surface area (Å²) in [5.74, 6) is -0.586. The molecule has 0 fully saturated rings. The molecule has 3 rings (SSSR count). The number of hydrogen-bond donors (Lipinski definition) is 2. The van der Waals surface area contributed by atoms with Crippen molar-refractivity contribution < 1.29 is 4.79 Å². The monoisotopic (exact) mass is 322 g/mol. The van der Waals surface area contributed by atoms with Crippen LogP contribution >= 0.6 is 0 Å². The van der Waals surface area contributed by atoms with Crippen LogP contribution in [0.3, 0.4) is 0 Å². The summed E-state index contributed by atoms with van der Waals surface area (Å²) in [6, 6.07) is 13.9. The number of para-hydroxylation sites is 1. The maximum atomic E-state index is 12.5. The van der Waals surface area contributed by atoms with E-state index in [1.54, 1.807) is 48.7 Å². The Balaban J connectivity index is 1.93. The number of aromatic nitrogens is 3. The highest BCUT2D eigenvalue weighted by Crippen LogP contribution is 2.06. The zero-order valence-electron chi connectivity index (χ0n) is 12.6. The molecule has 0 unspecified atom stereocenters. The van der Waals surface area contributed by atoms with Gasteiger partial charge in [0.2, 0.25) is 0 Å². The van der Waals surface area contributed by atoms with Gasteiger partial charge in [-0.05, 0) is 24.3 Å². The van der Waals surface area contributed by atoms with Crippen LogP contribution in [0.25, 0.3) is 0 Å². The molecule has 0 radical (unpaired) electrons. The van der Waals surface area contributed by atoms with Crippen molar-refractivity contribution in [3.05, 3.63) is 93.0 Å². The first kappa shape index (κ1) is 15.4. The molecule has 24 heavy (non-hydrogen) atoms. The van der Waals surface area contributed by atoms with Crippen LogP contribution in [-0.2, 0) is 6.54 Å². The molecule has 7 nitrogen and oxygen atoms in total. The average molecular weight is 322 g/mol. The van der Waals surface area contributed by atoms with E-state index in [-0.39, 0.29) is 12.1 Å². The third kappa shape index (κ3) is 3.30. The van der Waals surface area contributed by atoms with E-state index < -0.39 is 17.2 Å². The van der Waals surface area contributed by atoms with Gasteiger partial charge in [0.1, 0.15) is 5.56 Å². The molecule has 0 aliphatic rings. The Morgan fingerprint density at radius 2 is 1.83 bits per heavy atom. The second-order valence-corrected chi connectivity index (χ2v) is 5.04. The van der Waals surface area contributed by atoms with Crippen molar-refractivity contribution in [1.82, 2.24) is 14.5 Å². The number of H-pyrrole nitrogens is 1. The highest BCUT2D eigenvalue weighted by Gasteiger charge is 2.15. The fourth-order valence-electron chi connectivity index (χ4n) is 2.19. The van der Waals surface area contributed by atoms with Crippen LogP contribution in [0.2, 0.25) is 0 Å². The third-order valence-corrected chi connectivity index (χ3v) is 3.38. The Labute approximate surface area is 136 Å². The summed E-state index contributed by atoms with van der Waals surface area (Å²) in [7, 11) is 0. The lowest BCUT2D eigenvalue weighted by Gasteiger charge is -2.07. The number of hydrogen-bond acceptors (Lipinski definition) is 4. The van der Waals surface area contributed by atoms with Crippen LogP contribution in [0.1, 0.15) is 16.1 Å². The van der Waals surface area contributed by atoms with Crippen molar-refractivity contribution in [1.29, 1.82) is 0 Å². The molecule has 0 saturated heterocycles. The number of aromatic amines is 1. The van der Waals surface area contributed by atoms with E-state index in [0.717, 1.165) is 10.8 Å². The van der Waals surface area contributed by atoms with Gasteiger partial charge in [0.25, 0.3) is 11.5 Å². The number of amides is 1. The molecule has 2 heterocycles. The quantitative estimate of drug-likeness (QED) is 0.755. The molecule has 120 valence electrons. The van der Waals surface area contributed by atoms with Gasteiger partial charge in [0.05, 0.1) is 12.2 Å². The summed E-state index contributed by atoms with van der Waals surface area (Å²) in [5, 5.41) is 2.62. The van der Waals surface area contributed by atoms with E-state index >= 15 is 0 Å². The van der Waals surface area contributed by atoms with Crippen LogP contribution in [0.15, 0.2) is 70.5 Å². The molecule has 0 saturated carbocycles. The van der Waals surface area contributed by atoms with Gasteiger partial charge >= 0.3 is 5.69 Å². The molecular formula is C17H14N4O3. The zero-order valence-corrected chi connectivity index (χ0v) is 12.6. The number of nitrogens with zero attached hydrogens (tertiary/aromatic N) is 2. The Kier molecular flexibility index (Phi) is 4.33. The largest absolute Gasteiger partial charge is 0.328 e. The lowest BCUT2D eigenvalue weighted by Crippen LogP contribution is -2.39. The van der Waals surface area contributed by atoms with E-state index in [1.807, 2.05) is 6.07 Å². The molecule has 7 heteroatoms. The summed E-state index contributed by atoms with van der Waals surface area (Å²) < 4.78 is 0.947. The molecule has 1 amide bonds. The fraction of sp³-hybridized carbons (Fsp3) is 0.0588. The first-order valence-corrected chi connectivity index (χ1v) is 7.24.